The van der Waals surface area contributed by atoms with Gasteiger partial charge in [0.15, 0.2) is 0 Å². The zero-order valence-electron chi connectivity index (χ0n) is 12.3. The number of nitrogens with two attached hydrogens (primary N) is 1. The highest BCUT2D eigenvalue weighted by atomic mass is 35.5. The average molecular weight is 290 g/mol. The number of anilines is 1. The van der Waals surface area contributed by atoms with Crippen LogP contribution in [0.1, 0.15) is 31.9 Å². The predicted octanol–water partition coefficient (Wildman–Crippen LogP) is 5.32. The molecule has 2 N–H and O–H groups in total. The van der Waals surface area contributed by atoms with Crippen LogP contribution in [0.15, 0.2) is 36.4 Å². The van der Waals surface area contributed by atoms with E-state index in [9.17, 15) is 0 Å². The topological polar surface area (TPSA) is 35.2 Å². The molecule has 2 rings (SSSR count). The van der Waals surface area contributed by atoms with Gasteiger partial charge in [-0.3, -0.25) is 0 Å². The fourth-order valence-electron chi connectivity index (χ4n) is 1.95. The number of nitrogen functional groups attached to an aromatic ring is 1. The summed E-state index contributed by atoms with van der Waals surface area (Å²) in [6.07, 6.45) is 0. The molecule has 0 spiro atoms. The second kappa shape index (κ2) is 5.37. The van der Waals surface area contributed by atoms with Crippen LogP contribution in [0.4, 0.5) is 5.69 Å². The summed E-state index contributed by atoms with van der Waals surface area (Å²) in [5.41, 5.74) is 8.80. The highest BCUT2D eigenvalue weighted by Crippen LogP contribution is 2.34. The molecule has 0 radical (unpaired) electrons. The van der Waals surface area contributed by atoms with Crippen LogP contribution in [0.5, 0.6) is 11.5 Å². The van der Waals surface area contributed by atoms with Crippen molar-refractivity contribution < 1.29 is 4.74 Å². The Hall–Kier alpha value is -1.67. The quantitative estimate of drug-likeness (QED) is 0.759. The van der Waals surface area contributed by atoms with E-state index >= 15 is 0 Å². The van der Waals surface area contributed by atoms with Gasteiger partial charge in [-0.25, -0.2) is 0 Å². The maximum atomic E-state index is 6.13. The fraction of sp³-hybridized carbons (Fsp3) is 0.294. The number of benzene rings is 2. The lowest BCUT2D eigenvalue weighted by atomic mass is 9.86. The summed E-state index contributed by atoms with van der Waals surface area (Å²) in [5.74, 6) is 1.43. The van der Waals surface area contributed by atoms with E-state index in [1.165, 1.54) is 5.56 Å². The Morgan fingerprint density at radius 3 is 2.20 bits per heavy atom. The van der Waals surface area contributed by atoms with E-state index in [0.717, 1.165) is 11.3 Å². The van der Waals surface area contributed by atoms with Gasteiger partial charge >= 0.3 is 0 Å². The molecule has 0 saturated carbocycles. The van der Waals surface area contributed by atoms with E-state index in [1.807, 2.05) is 13.0 Å². The van der Waals surface area contributed by atoms with Crippen LogP contribution < -0.4 is 10.5 Å². The molecule has 2 nitrogen and oxygen atoms in total. The first-order chi connectivity index (χ1) is 9.27. The van der Waals surface area contributed by atoms with E-state index in [4.69, 9.17) is 22.1 Å². The SMILES string of the molecule is Cc1cc(C(C)(C)C)ccc1Oc1ccc(N)cc1Cl. The summed E-state index contributed by atoms with van der Waals surface area (Å²) in [6.45, 7) is 8.62. The highest BCUT2D eigenvalue weighted by Gasteiger charge is 2.15. The van der Waals surface area contributed by atoms with E-state index in [-0.39, 0.29) is 5.41 Å². The molecule has 0 unspecified atom stereocenters. The van der Waals surface area contributed by atoms with Gasteiger partial charge in [0.1, 0.15) is 11.5 Å². The van der Waals surface area contributed by atoms with Gasteiger partial charge < -0.3 is 10.5 Å². The minimum atomic E-state index is 0.127. The van der Waals surface area contributed by atoms with Crippen LogP contribution in [0.3, 0.4) is 0 Å². The Bertz CT molecular complexity index is 629. The molecule has 20 heavy (non-hydrogen) atoms. The summed E-state index contributed by atoms with van der Waals surface area (Å²) >= 11 is 6.13. The van der Waals surface area contributed by atoms with Crippen molar-refractivity contribution >= 4 is 17.3 Å². The van der Waals surface area contributed by atoms with Gasteiger partial charge in [-0.05, 0) is 47.7 Å². The van der Waals surface area contributed by atoms with Gasteiger partial charge in [0, 0.05) is 5.69 Å². The van der Waals surface area contributed by atoms with Crippen molar-refractivity contribution in [1.82, 2.24) is 0 Å². The lowest BCUT2D eigenvalue weighted by Gasteiger charge is -2.20. The smallest absolute Gasteiger partial charge is 0.146 e. The summed E-state index contributed by atoms with van der Waals surface area (Å²) in [6, 6.07) is 11.5. The number of ether oxygens (including phenoxy) is 1. The monoisotopic (exact) mass is 289 g/mol. The van der Waals surface area contributed by atoms with Crippen LogP contribution in [0, 0.1) is 6.92 Å². The number of rotatable bonds is 2. The summed E-state index contributed by atoms with van der Waals surface area (Å²) in [7, 11) is 0. The lowest BCUT2D eigenvalue weighted by Crippen LogP contribution is -2.11. The largest absolute Gasteiger partial charge is 0.456 e. The van der Waals surface area contributed by atoms with Crippen molar-refractivity contribution in [3.8, 4) is 11.5 Å². The van der Waals surface area contributed by atoms with Crippen LogP contribution in [-0.2, 0) is 5.41 Å². The summed E-state index contributed by atoms with van der Waals surface area (Å²) < 4.78 is 5.88. The van der Waals surface area contributed by atoms with Crippen molar-refractivity contribution in [2.24, 2.45) is 0 Å². The van der Waals surface area contributed by atoms with E-state index < -0.39 is 0 Å². The molecule has 0 aliphatic carbocycles. The third-order valence-electron chi connectivity index (χ3n) is 3.22. The van der Waals surface area contributed by atoms with Gasteiger partial charge in [0.05, 0.1) is 5.02 Å². The van der Waals surface area contributed by atoms with E-state index in [0.29, 0.717) is 16.5 Å². The van der Waals surface area contributed by atoms with Gasteiger partial charge in [-0.2, -0.15) is 0 Å². The number of hydrogen-bond donors (Lipinski definition) is 1. The maximum Gasteiger partial charge on any atom is 0.146 e. The third kappa shape index (κ3) is 3.26. The zero-order chi connectivity index (χ0) is 14.9. The Kier molecular flexibility index (Phi) is 3.96. The molecule has 0 fully saturated rings. The molecule has 0 amide bonds. The second-order valence-electron chi connectivity index (χ2n) is 6.02. The molecule has 0 atom stereocenters. The van der Waals surface area contributed by atoms with Crippen molar-refractivity contribution in [2.45, 2.75) is 33.1 Å². The van der Waals surface area contributed by atoms with Crippen LogP contribution in [0.25, 0.3) is 0 Å². The van der Waals surface area contributed by atoms with Crippen LogP contribution in [-0.4, -0.2) is 0 Å². The number of halogens is 1. The first-order valence-corrected chi connectivity index (χ1v) is 6.99. The Balaban J connectivity index is 2.30. The average Bonchev–Trinajstić information content (AvgIpc) is 2.33. The fourth-order valence-corrected chi connectivity index (χ4v) is 2.18. The normalized spacial score (nSPS) is 11.4. The number of hydrogen-bond acceptors (Lipinski definition) is 2. The Labute approximate surface area is 125 Å². The minimum absolute atomic E-state index is 0.127. The van der Waals surface area contributed by atoms with Gasteiger partial charge in [-0.15, -0.1) is 0 Å². The van der Waals surface area contributed by atoms with Crippen molar-refractivity contribution in [3.05, 3.63) is 52.5 Å². The molecule has 2 aromatic carbocycles. The first kappa shape index (κ1) is 14.7. The zero-order valence-corrected chi connectivity index (χ0v) is 13.1. The van der Waals surface area contributed by atoms with Gasteiger partial charge in [0.25, 0.3) is 0 Å². The summed E-state index contributed by atoms with van der Waals surface area (Å²) in [4.78, 5) is 0. The van der Waals surface area contributed by atoms with E-state index in [1.54, 1.807) is 18.2 Å². The molecular weight excluding hydrogens is 270 g/mol. The lowest BCUT2D eigenvalue weighted by molar-refractivity contribution is 0.478. The molecule has 3 heteroatoms. The molecule has 106 valence electrons. The molecular formula is C17H20ClNO. The Morgan fingerprint density at radius 2 is 1.65 bits per heavy atom. The highest BCUT2D eigenvalue weighted by molar-refractivity contribution is 6.32. The van der Waals surface area contributed by atoms with Gasteiger partial charge in [0.2, 0.25) is 0 Å². The van der Waals surface area contributed by atoms with Crippen molar-refractivity contribution in [2.75, 3.05) is 5.73 Å². The Morgan fingerprint density at radius 1 is 1.00 bits per heavy atom. The molecule has 0 saturated heterocycles. The molecule has 0 aliphatic rings. The predicted molar refractivity (Wildman–Crippen MR) is 85.8 cm³/mol. The number of aryl methyl sites for hydroxylation is 1. The molecule has 2 aromatic rings. The molecule has 0 bridgehead atoms. The maximum absolute atomic E-state index is 6.13. The molecule has 0 aromatic heterocycles. The third-order valence-corrected chi connectivity index (χ3v) is 3.51. The van der Waals surface area contributed by atoms with E-state index in [2.05, 4.69) is 32.9 Å². The van der Waals surface area contributed by atoms with Crippen molar-refractivity contribution in [1.29, 1.82) is 0 Å². The minimum Gasteiger partial charge on any atom is -0.456 e. The van der Waals surface area contributed by atoms with Crippen LogP contribution in [0.2, 0.25) is 5.02 Å². The molecule has 0 aliphatic heterocycles. The molecule has 0 heterocycles. The first-order valence-electron chi connectivity index (χ1n) is 6.61. The standard InChI is InChI=1S/C17H20ClNO/c1-11-9-12(17(2,3)4)5-7-15(11)20-16-8-6-13(19)10-14(16)18/h5-10H,19H2,1-4H3. The second-order valence-corrected chi connectivity index (χ2v) is 6.43. The van der Waals surface area contributed by atoms with Gasteiger partial charge in [-0.1, -0.05) is 44.5 Å². The van der Waals surface area contributed by atoms with Crippen LogP contribution >= 0.6 is 11.6 Å². The van der Waals surface area contributed by atoms with Crippen molar-refractivity contribution in [3.63, 3.8) is 0 Å². The summed E-state index contributed by atoms with van der Waals surface area (Å²) in [5, 5.41) is 0.518.